The van der Waals surface area contributed by atoms with Gasteiger partial charge in [-0.05, 0) is 102 Å². The van der Waals surface area contributed by atoms with Crippen molar-refractivity contribution in [3.63, 3.8) is 0 Å². The third-order valence-corrected chi connectivity index (χ3v) is 14.4. The summed E-state index contributed by atoms with van der Waals surface area (Å²) in [6.07, 6.45) is 38.9. The molecule has 0 heterocycles. The Bertz CT molecular complexity index is 1630. The maximum atomic E-state index is 6.27. The standard InChI is InChI=1S/C61H94N2/c1-6-9-12-15-18-21-24-27-30-33-60(57-45-43-55(62)47-49(57)4)53-39-35-51(36-40-53)59(32-29-26-23-20-17-14-11-8-3)52-37-41-54(42-38-52)61(58-46-44-56(63)48-50(58)5)34-31-28-25-22-19-16-13-10-7-2/h35-48,59-61H,6-34,62-63H2,1-5H3. The third kappa shape index (κ3) is 19.2. The van der Waals surface area contributed by atoms with Gasteiger partial charge >= 0.3 is 0 Å². The molecule has 4 N–H and O–H groups in total. The van der Waals surface area contributed by atoms with Crippen LogP contribution in [-0.4, -0.2) is 0 Å². The van der Waals surface area contributed by atoms with Gasteiger partial charge in [-0.1, -0.05) is 248 Å². The van der Waals surface area contributed by atoms with E-state index in [9.17, 15) is 0 Å². The highest BCUT2D eigenvalue weighted by Gasteiger charge is 2.21. The Morgan fingerprint density at radius 1 is 0.302 bits per heavy atom. The van der Waals surface area contributed by atoms with Crippen molar-refractivity contribution in [1.29, 1.82) is 0 Å². The fourth-order valence-corrected chi connectivity index (χ4v) is 10.4. The largest absolute Gasteiger partial charge is 0.399 e. The summed E-state index contributed by atoms with van der Waals surface area (Å²) in [5.41, 5.74) is 25.6. The zero-order chi connectivity index (χ0) is 44.9. The molecule has 4 aromatic rings. The minimum atomic E-state index is 0.397. The number of benzene rings is 4. The molecule has 63 heavy (non-hydrogen) atoms. The predicted molar refractivity (Wildman–Crippen MR) is 281 cm³/mol. The molecule has 2 nitrogen and oxygen atoms in total. The summed E-state index contributed by atoms with van der Waals surface area (Å²) in [6.45, 7) is 11.4. The lowest BCUT2D eigenvalue weighted by atomic mass is 9.80. The molecule has 0 amide bonds. The summed E-state index contributed by atoms with van der Waals surface area (Å²) in [7, 11) is 0. The van der Waals surface area contributed by atoms with Crippen molar-refractivity contribution < 1.29 is 0 Å². The van der Waals surface area contributed by atoms with Gasteiger partial charge in [0.05, 0.1) is 0 Å². The molecule has 348 valence electrons. The van der Waals surface area contributed by atoms with E-state index in [1.807, 2.05) is 0 Å². The lowest BCUT2D eigenvalue weighted by Gasteiger charge is -2.24. The minimum absolute atomic E-state index is 0.397. The molecule has 0 aromatic heterocycles. The maximum absolute atomic E-state index is 6.27. The molecule has 4 rings (SSSR count). The van der Waals surface area contributed by atoms with Crippen molar-refractivity contribution in [2.45, 2.75) is 239 Å². The molecular formula is C61H94N2. The van der Waals surface area contributed by atoms with Gasteiger partial charge in [0, 0.05) is 29.1 Å². The van der Waals surface area contributed by atoms with Crippen molar-refractivity contribution in [1.82, 2.24) is 0 Å². The highest BCUT2D eigenvalue weighted by molar-refractivity contribution is 5.50. The van der Waals surface area contributed by atoms with Crippen LogP contribution in [0.3, 0.4) is 0 Å². The molecule has 2 unspecified atom stereocenters. The summed E-state index contributed by atoms with van der Waals surface area (Å²) in [6, 6.07) is 33.0. The number of unbranched alkanes of at least 4 members (excludes halogenated alkanes) is 23. The van der Waals surface area contributed by atoms with Crippen molar-refractivity contribution in [2.75, 3.05) is 11.5 Å². The molecule has 2 heteroatoms. The van der Waals surface area contributed by atoms with Crippen LogP contribution in [0.2, 0.25) is 0 Å². The lowest BCUT2D eigenvalue weighted by Crippen LogP contribution is -2.07. The molecule has 0 aliphatic heterocycles. The van der Waals surface area contributed by atoms with Gasteiger partial charge in [0.25, 0.3) is 0 Å². The molecule has 0 saturated heterocycles. The van der Waals surface area contributed by atoms with Crippen molar-refractivity contribution >= 4 is 11.4 Å². The van der Waals surface area contributed by atoms with E-state index < -0.39 is 0 Å². The van der Waals surface area contributed by atoms with Crippen LogP contribution in [0.15, 0.2) is 84.9 Å². The van der Waals surface area contributed by atoms with E-state index in [-0.39, 0.29) is 0 Å². The molecule has 0 bridgehead atoms. The Labute approximate surface area is 389 Å². The average molecular weight is 855 g/mol. The molecule has 2 atom stereocenters. The van der Waals surface area contributed by atoms with Crippen LogP contribution >= 0.6 is 0 Å². The number of nitrogen functional groups attached to an aromatic ring is 2. The first kappa shape index (κ1) is 52.1. The van der Waals surface area contributed by atoms with E-state index in [0.29, 0.717) is 17.8 Å². The van der Waals surface area contributed by atoms with Gasteiger partial charge in [-0.2, -0.15) is 0 Å². The van der Waals surface area contributed by atoms with E-state index >= 15 is 0 Å². The van der Waals surface area contributed by atoms with E-state index in [4.69, 9.17) is 11.5 Å². The molecule has 0 spiro atoms. The summed E-state index contributed by atoms with van der Waals surface area (Å²) in [5, 5.41) is 0. The summed E-state index contributed by atoms with van der Waals surface area (Å²) in [5.74, 6) is 1.19. The Morgan fingerprint density at radius 2 is 0.540 bits per heavy atom. The van der Waals surface area contributed by atoms with Crippen LogP contribution in [0, 0.1) is 13.8 Å². The second-order valence-corrected chi connectivity index (χ2v) is 19.7. The fourth-order valence-electron chi connectivity index (χ4n) is 10.4. The molecule has 0 fully saturated rings. The van der Waals surface area contributed by atoms with Gasteiger partial charge in [-0.15, -0.1) is 0 Å². The maximum Gasteiger partial charge on any atom is 0.0316 e. The van der Waals surface area contributed by atoms with Gasteiger partial charge < -0.3 is 11.5 Å². The lowest BCUT2D eigenvalue weighted by molar-refractivity contribution is 0.544. The zero-order valence-corrected chi connectivity index (χ0v) is 41.5. The van der Waals surface area contributed by atoms with E-state index in [2.05, 4.69) is 120 Å². The second-order valence-electron chi connectivity index (χ2n) is 19.7. The number of anilines is 2. The first-order chi connectivity index (χ1) is 30.9. The molecule has 0 aliphatic carbocycles. The van der Waals surface area contributed by atoms with Crippen LogP contribution in [0.25, 0.3) is 0 Å². The summed E-state index contributed by atoms with van der Waals surface area (Å²) >= 11 is 0. The smallest absolute Gasteiger partial charge is 0.0316 e. The quantitative estimate of drug-likeness (QED) is 0.0358. The molecule has 0 saturated carbocycles. The Hall–Kier alpha value is -3.52. The molecule has 4 aromatic carbocycles. The molecule has 0 radical (unpaired) electrons. The van der Waals surface area contributed by atoms with Gasteiger partial charge in [-0.3, -0.25) is 0 Å². The average Bonchev–Trinajstić information content (AvgIpc) is 3.28. The van der Waals surface area contributed by atoms with Crippen molar-refractivity contribution in [3.05, 3.63) is 129 Å². The number of nitrogens with two attached hydrogens (primary N) is 2. The highest BCUT2D eigenvalue weighted by atomic mass is 14.5. The van der Waals surface area contributed by atoms with Crippen LogP contribution in [-0.2, 0) is 0 Å². The monoisotopic (exact) mass is 855 g/mol. The van der Waals surface area contributed by atoms with Gasteiger partial charge in [0.15, 0.2) is 0 Å². The zero-order valence-electron chi connectivity index (χ0n) is 41.5. The number of hydrogen-bond donors (Lipinski definition) is 2. The Morgan fingerprint density at radius 3 is 0.810 bits per heavy atom. The minimum Gasteiger partial charge on any atom is -0.399 e. The third-order valence-electron chi connectivity index (χ3n) is 14.4. The predicted octanol–water partition coefficient (Wildman–Crippen LogP) is 19.2. The van der Waals surface area contributed by atoms with E-state index in [1.165, 1.54) is 231 Å². The number of hydrogen-bond acceptors (Lipinski definition) is 2. The van der Waals surface area contributed by atoms with Gasteiger partial charge in [0.1, 0.15) is 0 Å². The van der Waals surface area contributed by atoms with E-state index in [0.717, 1.165) is 11.4 Å². The SMILES string of the molecule is CCCCCCCCCCCC(c1ccc(C(CCCCCCCCCC)c2ccc(C(CCCCCCCCCCC)c3ccc(N)cc3C)cc2)cc1)c1ccc(N)cc1C. The number of rotatable bonds is 35. The normalized spacial score (nSPS) is 13.0. The van der Waals surface area contributed by atoms with Crippen LogP contribution < -0.4 is 11.5 Å². The first-order valence-electron chi connectivity index (χ1n) is 26.8. The fraction of sp³-hybridized carbons (Fsp3) is 0.607. The number of aryl methyl sites for hydroxylation is 2. The second kappa shape index (κ2) is 31.4. The van der Waals surface area contributed by atoms with Crippen LogP contribution in [0.5, 0.6) is 0 Å². The van der Waals surface area contributed by atoms with Crippen LogP contribution in [0.1, 0.15) is 269 Å². The molecular weight excluding hydrogens is 761 g/mol. The summed E-state index contributed by atoms with van der Waals surface area (Å²) in [4.78, 5) is 0. The Kier molecular flexibility index (Phi) is 25.9. The van der Waals surface area contributed by atoms with E-state index in [1.54, 1.807) is 0 Å². The van der Waals surface area contributed by atoms with Gasteiger partial charge in [0.2, 0.25) is 0 Å². The van der Waals surface area contributed by atoms with Crippen molar-refractivity contribution in [2.24, 2.45) is 0 Å². The molecule has 0 aliphatic rings. The van der Waals surface area contributed by atoms with Gasteiger partial charge in [-0.25, -0.2) is 0 Å². The summed E-state index contributed by atoms with van der Waals surface area (Å²) < 4.78 is 0. The highest BCUT2D eigenvalue weighted by Crippen LogP contribution is 2.38. The van der Waals surface area contributed by atoms with Crippen LogP contribution in [0.4, 0.5) is 11.4 Å². The topological polar surface area (TPSA) is 52.0 Å². The Balaban J connectivity index is 1.53. The van der Waals surface area contributed by atoms with Crippen molar-refractivity contribution in [3.8, 4) is 0 Å². The first-order valence-corrected chi connectivity index (χ1v) is 26.8.